The molecule has 20 heavy (non-hydrogen) atoms. The number of hydrogen-bond acceptors (Lipinski definition) is 2. The Morgan fingerprint density at radius 3 is 2.95 bits per heavy atom. The van der Waals surface area contributed by atoms with Crippen LogP contribution in [0.5, 0.6) is 0 Å². The van der Waals surface area contributed by atoms with Crippen molar-refractivity contribution in [2.45, 2.75) is 58.0 Å². The molecule has 2 aliphatic rings. The van der Waals surface area contributed by atoms with Gasteiger partial charge in [-0.3, -0.25) is 0 Å². The van der Waals surface area contributed by atoms with Gasteiger partial charge in [-0.05, 0) is 56.7 Å². The van der Waals surface area contributed by atoms with Crippen LogP contribution in [0.2, 0.25) is 0 Å². The summed E-state index contributed by atoms with van der Waals surface area (Å²) < 4.78 is 0. The molecule has 0 bridgehead atoms. The molecule has 0 aromatic heterocycles. The zero-order valence-corrected chi connectivity index (χ0v) is 12.9. The molecule has 1 aromatic rings. The Balaban J connectivity index is 1.68. The van der Waals surface area contributed by atoms with Crippen molar-refractivity contribution in [1.29, 1.82) is 0 Å². The van der Waals surface area contributed by atoms with Gasteiger partial charge in [0.15, 0.2) is 0 Å². The fraction of sp³-hybridized carbons (Fsp3) is 0.667. The van der Waals surface area contributed by atoms with E-state index in [0.29, 0.717) is 6.04 Å². The van der Waals surface area contributed by atoms with Crippen LogP contribution in [0.15, 0.2) is 24.3 Å². The predicted octanol–water partition coefficient (Wildman–Crippen LogP) is 3.61. The zero-order chi connectivity index (χ0) is 13.9. The molecule has 110 valence electrons. The number of rotatable bonds is 5. The topological polar surface area (TPSA) is 15.3 Å². The van der Waals surface area contributed by atoms with E-state index in [2.05, 4.69) is 48.3 Å². The van der Waals surface area contributed by atoms with E-state index in [9.17, 15) is 0 Å². The standard InChI is InChI=1S/C18H28N2/c1-3-11-19-17-9-6-8-16(17)13-20-14(2)12-15-7-4-5-10-18(15)20/h4-5,7,10,14,16-17,19H,3,6,8-9,11-13H2,1-2H3. The molecule has 1 aromatic carbocycles. The van der Waals surface area contributed by atoms with E-state index in [4.69, 9.17) is 0 Å². The van der Waals surface area contributed by atoms with Crippen LogP contribution in [0, 0.1) is 5.92 Å². The lowest BCUT2D eigenvalue weighted by molar-refractivity contribution is 0.393. The quantitative estimate of drug-likeness (QED) is 0.881. The van der Waals surface area contributed by atoms with Gasteiger partial charge in [-0.25, -0.2) is 0 Å². The molecule has 0 radical (unpaired) electrons. The minimum Gasteiger partial charge on any atom is -0.368 e. The molecule has 1 saturated carbocycles. The molecule has 3 rings (SSSR count). The molecule has 2 heteroatoms. The van der Waals surface area contributed by atoms with Gasteiger partial charge in [0.05, 0.1) is 0 Å². The summed E-state index contributed by atoms with van der Waals surface area (Å²) in [6.45, 7) is 7.05. The average molecular weight is 272 g/mol. The Morgan fingerprint density at radius 1 is 1.25 bits per heavy atom. The number of para-hydroxylation sites is 1. The molecule has 0 saturated heterocycles. The minimum absolute atomic E-state index is 0.667. The van der Waals surface area contributed by atoms with E-state index in [1.807, 2.05) is 0 Å². The number of hydrogen-bond donors (Lipinski definition) is 1. The van der Waals surface area contributed by atoms with E-state index in [1.165, 1.54) is 56.4 Å². The van der Waals surface area contributed by atoms with Gasteiger partial charge in [-0.2, -0.15) is 0 Å². The second kappa shape index (κ2) is 6.17. The van der Waals surface area contributed by atoms with Crippen LogP contribution in [-0.2, 0) is 6.42 Å². The second-order valence-corrected chi connectivity index (χ2v) is 6.59. The van der Waals surface area contributed by atoms with Crippen LogP contribution in [-0.4, -0.2) is 25.2 Å². The average Bonchev–Trinajstić information content (AvgIpc) is 3.02. The largest absolute Gasteiger partial charge is 0.368 e. The highest BCUT2D eigenvalue weighted by atomic mass is 15.2. The van der Waals surface area contributed by atoms with E-state index < -0.39 is 0 Å². The van der Waals surface area contributed by atoms with E-state index in [-0.39, 0.29) is 0 Å². The molecule has 1 aliphatic carbocycles. The van der Waals surface area contributed by atoms with Gasteiger partial charge in [-0.15, -0.1) is 0 Å². The van der Waals surface area contributed by atoms with Gasteiger partial charge in [0.2, 0.25) is 0 Å². The fourth-order valence-electron chi connectivity index (χ4n) is 4.01. The first kappa shape index (κ1) is 13.9. The molecular weight excluding hydrogens is 244 g/mol. The molecule has 0 spiro atoms. The Morgan fingerprint density at radius 2 is 2.10 bits per heavy atom. The van der Waals surface area contributed by atoms with Gasteiger partial charge in [0, 0.05) is 24.3 Å². The van der Waals surface area contributed by atoms with Crippen molar-refractivity contribution in [2.75, 3.05) is 18.0 Å². The number of nitrogens with zero attached hydrogens (tertiary/aromatic N) is 1. The van der Waals surface area contributed by atoms with Crippen molar-refractivity contribution in [2.24, 2.45) is 5.92 Å². The molecule has 1 heterocycles. The molecule has 1 fully saturated rings. The van der Waals surface area contributed by atoms with Crippen molar-refractivity contribution in [1.82, 2.24) is 5.32 Å². The number of fused-ring (bicyclic) bond motifs is 1. The molecule has 3 unspecified atom stereocenters. The third-order valence-corrected chi connectivity index (χ3v) is 5.10. The lowest BCUT2D eigenvalue weighted by Gasteiger charge is -2.31. The van der Waals surface area contributed by atoms with Crippen molar-refractivity contribution in [3.63, 3.8) is 0 Å². The van der Waals surface area contributed by atoms with Gasteiger partial charge in [0.1, 0.15) is 0 Å². The van der Waals surface area contributed by atoms with Crippen molar-refractivity contribution >= 4 is 5.69 Å². The number of anilines is 1. The molecule has 2 nitrogen and oxygen atoms in total. The van der Waals surface area contributed by atoms with Gasteiger partial charge >= 0.3 is 0 Å². The van der Waals surface area contributed by atoms with Crippen LogP contribution < -0.4 is 10.2 Å². The van der Waals surface area contributed by atoms with E-state index in [1.54, 1.807) is 0 Å². The Kier molecular flexibility index (Phi) is 4.30. The maximum Gasteiger partial charge on any atom is 0.0402 e. The highest BCUT2D eigenvalue weighted by molar-refractivity contribution is 5.59. The first-order chi connectivity index (χ1) is 9.79. The van der Waals surface area contributed by atoms with Gasteiger partial charge in [0.25, 0.3) is 0 Å². The smallest absolute Gasteiger partial charge is 0.0402 e. The second-order valence-electron chi connectivity index (χ2n) is 6.59. The number of benzene rings is 1. The maximum atomic E-state index is 3.77. The maximum absolute atomic E-state index is 3.77. The van der Waals surface area contributed by atoms with Gasteiger partial charge in [-0.1, -0.05) is 31.5 Å². The number of nitrogens with one attached hydrogen (secondary N) is 1. The summed E-state index contributed by atoms with van der Waals surface area (Å²) in [5.74, 6) is 0.829. The van der Waals surface area contributed by atoms with Crippen molar-refractivity contribution in [3.05, 3.63) is 29.8 Å². The van der Waals surface area contributed by atoms with Crippen LogP contribution in [0.1, 0.15) is 45.1 Å². The van der Waals surface area contributed by atoms with Crippen LogP contribution in [0.4, 0.5) is 5.69 Å². The highest BCUT2D eigenvalue weighted by Crippen LogP contribution is 2.35. The van der Waals surface area contributed by atoms with Crippen molar-refractivity contribution < 1.29 is 0 Å². The summed E-state index contributed by atoms with van der Waals surface area (Å²) in [4.78, 5) is 2.66. The summed E-state index contributed by atoms with van der Waals surface area (Å²) in [5, 5.41) is 3.77. The molecule has 3 atom stereocenters. The lowest BCUT2D eigenvalue weighted by atomic mass is 10.0. The molecule has 1 N–H and O–H groups in total. The molecule has 0 amide bonds. The lowest BCUT2D eigenvalue weighted by Crippen LogP contribution is -2.41. The normalized spacial score (nSPS) is 28.9. The molecule has 1 aliphatic heterocycles. The van der Waals surface area contributed by atoms with Crippen LogP contribution >= 0.6 is 0 Å². The third-order valence-electron chi connectivity index (χ3n) is 5.10. The van der Waals surface area contributed by atoms with Crippen molar-refractivity contribution in [3.8, 4) is 0 Å². The SMILES string of the molecule is CCCNC1CCCC1CN1c2ccccc2CC1C. The Labute approximate surface area is 123 Å². The zero-order valence-electron chi connectivity index (χ0n) is 12.9. The summed E-state index contributed by atoms with van der Waals surface area (Å²) >= 11 is 0. The van der Waals surface area contributed by atoms with E-state index in [0.717, 1.165) is 12.0 Å². The monoisotopic (exact) mass is 272 g/mol. The minimum atomic E-state index is 0.667. The first-order valence-corrected chi connectivity index (χ1v) is 8.37. The predicted molar refractivity (Wildman–Crippen MR) is 86.4 cm³/mol. The third kappa shape index (κ3) is 2.71. The van der Waals surface area contributed by atoms with E-state index >= 15 is 0 Å². The van der Waals surface area contributed by atoms with Crippen LogP contribution in [0.25, 0.3) is 0 Å². The highest BCUT2D eigenvalue weighted by Gasteiger charge is 2.32. The fourth-order valence-corrected chi connectivity index (χ4v) is 4.01. The first-order valence-electron chi connectivity index (χ1n) is 8.37. The summed E-state index contributed by atoms with van der Waals surface area (Å²) in [7, 11) is 0. The summed E-state index contributed by atoms with van der Waals surface area (Å²) in [6, 6.07) is 10.4. The Hall–Kier alpha value is -1.02. The molecular formula is C18H28N2. The summed E-state index contributed by atoms with van der Waals surface area (Å²) in [6.07, 6.45) is 6.62. The summed E-state index contributed by atoms with van der Waals surface area (Å²) in [5.41, 5.74) is 3.03. The Bertz CT molecular complexity index is 443. The van der Waals surface area contributed by atoms with Gasteiger partial charge < -0.3 is 10.2 Å². The van der Waals surface area contributed by atoms with Crippen LogP contribution in [0.3, 0.4) is 0 Å².